The van der Waals surface area contributed by atoms with Gasteiger partial charge in [0, 0.05) is 12.1 Å². The molecule has 1 aliphatic rings. The molecule has 3 aromatic rings. The molecule has 5 nitrogen and oxygen atoms in total. The molecule has 29 heavy (non-hydrogen) atoms. The highest BCUT2D eigenvalue weighted by Crippen LogP contribution is 2.26. The first-order valence-electron chi connectivity index (χ1n) is 9.47. The van der Waals surface area contributed by atoms with Gasteiger partial charge in [0.25, 0.3) is 0 Å². The zero-order valence-corrected chi connectivity index (χ0v) is 16.8. The van der Waals surface area contributed by atoms with E-state index in [1.807, 2.05) is 79.7 Å². The molecule has 0 radical (unpaired) electrons. The SMILES string of the molecule is C[C@@H](N=C1NC(=O)[C@H](CC(=O)Nc2ccc3ccccc3c2)S1)c1ccccc1. The van der Waals surface area contributed by atoms with Gasteiger partial charge in [-0.15, -0.1) is 0 Å². The van der Waals surface area contributed by atoms with Crippen LogP contribution in [0.2, 0.25) is 0 Å². The lowest BCUT2D eigenvalue weighted by atomic mass is 10.1. The van der Waals surface area contributed by atoms with Gasteiger partial charge >= 0.3 is 0 Å². The quantitative estimate of drug-likeness (QED) is 0.658. The summed E-state index contributed by atoms with van der Waals surface area (Å²) in [5.74, 6) is -0.368. The van der Waals surface area contributed by atoms with Gasteiger partial charge in [0.2, 0.25) is 11.8 Å². The van der Waals surface area contributed by atoms with Crippen molar-refractivity contribution in [2.24, 2.45) is 4.99 Å². The van der Waals surface area contributed by atoms with Crippen LogP contribution in [0.25, 0.3) is 10.8 Å². The van der Waals surface area contributed by atoms with Crippen LogP contribution in [-0.4, -0.2) is 22.2 Å². The molecule has 1 fully saturated rings. The fraction of sp³-hybridized carbons (Fsp3) is 0.174. The van der Waals surface area contributed by atoms with E-state index in [4.69, 9.17) is 0 Å². The number of nitrogens with one attached hydrogen (secondary N) is 2. The summed E-state index contributed by atoms with van der Waals surface area (Å²) in [5.41, 5.74) is 1.80. The summed E-state index contributed by atoms with van der Waals surface area (Å²) in [7, 11) is 0. The number of fused-ring (bicyclic) bond motifs is 1. The Labute approximate surface area is 173 Å². The van der Waals surface area contributed by atoms with Crippen molar-refractivity contribution in [3.8, 4) is 0 Å². The van der Waals surface area contributed by atoms with Crippen molar-refractivity contribution in [1.82, 2.24) is 5.32 Å². The first kappa shape index (κ1) is 19.2. The minimum absolute atomic E-state index is 0.0656. The number of amides is 2. The van der Waals surface area contributed by atoms with Crippen molar-refractivity contribution < 1.29 is 9.59 Å². The Morgan fingerprint density at radius 2 is 1.79 bits per heavy atom. The standard InChI is InChI=1S/C23H21N3O2S/c1-15(16-7-3-2-4-8-16)24-23-26-22(28)20(29-23)14-21(27)25-19-12-11-17-9-5-6-10-18(17)13-19/h2-13,15,20H,14H2,1H3,(H,25,27)(H,24,26,28)/t15-,20+/m1/s1. The van der Waals surface area contributed by atoms with Crippen molar-refractivity contribution in [3.63, 3.8) is 0 Å². The maximum absolute atomic E-state index is 12.5. The van der Waals surface area contributed by atoms with E-state index in [-0.39, 0.29) is 24.3 Å². The molecule has 1 heterocycles. The molecule has 2 N–H and O–H groups in total. The van der Waals surface area contributed by atoms with E-state index in [1.54, 1.807) is 0 Å². The molecule has 4 rings (SSSR count). The molecule has 0 bridgehead atoms. The minimum Gasteiger partial charge on any atom is -0.326 e. The average Bonchev–Trinajstić information content (AvgIpc) is 3.07. The zero-order valence-electron chi connectivity index (χ0n) is 16.0. The van der Waals surface area contributed by atoms with E-state index >= 15 is 0 Å². The smallest absolute Gasteiger partial charge is 0.240 e. The maximum atomic E-state index is 12.5. The second-order valence-electron chi connectivity index (χ2n) is 6.93. The molecule has 2 atom stereocenters. The Morgan fingerprint density at radius 1 is 1.07 bits per heavy atom. The van der Waals surface area contributed by atoms with Gasteiger partial charge in [-0.2, -0.15) is 0 Å². The predicted molar refractivity (Wildman–Crippen MR) is 119 cm³/mol. The lowest BCUT2D eigenvalue weighted by Crippen LogP contribution is -2.28. The van der Waals surface area contributed by atoms with Gasteiger partial charge < -0.3 is 10.6 Å². The number of thioether (sulfide) groups is 1. The third-order valence-electron chi connectivity index (χ3n) is 4.77. The zero-order chi connectivity index (χ0) is 20.2. The van der Waals surface area contributed by atoms with Crippen molar-refractivity contribution >= 4 is 45.2 Å². The summed E-state index contributed by atoms with van der Waals surface area (Å²) in [4.78, 5) is 29.3. The van der Waals surface area contributed by atoms with E-state index in [1.165, 1.54) is 11.8 Å². The molecule has 3 aromatic carbocycles. The second-order valence-corrected chi connectivity index (χ2v) is 8.12. The molecule has 0 unspecified atom stereocenters. The molecule has 2 amide bonds. The molecule has 146 valence electrons. The van der Waals surface area contributed by atoms with E-state index in [9.17, 15) is 9.59 Å². The largest absolute Gasteiger partial charge is 0.326 e. The molecule has 0 spiro atoms. The van der Waals surface area contributed by atoms with Crippen molar-refractivity contribution in [3.05, 3.63) is 78.4 Å². The number of aliphatic imine (C=N–C) groups is 1. The highest BCUT2D eigenvalue weighted by molar-refractivity contribution is 8.15. The van der Waals surface area contributed by atoms with Gasteiger partial charge in [-0.3, -0.25) is 14.6 Å². The Bertz CT molecular complexity index is 1080. The summed E-state index contributed by atoms with van der Waals surface area (Å²) >= 11 is 1.31. The van der Waals surface area contributed by atoms with Gasteiger partial charge in [-0.25, -0.2) is 0 Å². The average molecular weight is 404 g/mol. The van der Waals surface area contributed by atoms with Crippen LogP contribution in [0.15, 0.2) is 77.8 Å². The second kappa shape index (κ2) is 8.49. The highest BCUT2D eigenvalue weighted by atomic mass is 32.2. The van der Waals surface area contributed by atoms with Crippen LogP contribution in [0.1, 0.15) is 24.9 Å². The Morgan fingerprint density at radius 3 is 2.59 bits per heavy atom. The van der Waals surface area contributed by atoms with E-state index in [0.29, 0.717) is 5.17 Å². The molecule has 0 saturated carbocycles. The van der Waals surface area contributed by atoms with Crippen molar-refractivity contribution in [2.45, 2.75) is 24.6 Å². The molecule has 0 aromatic heterocycles. The number of hydrogen-bond donors (Lipinski definition) is 2. The Kier molecular flexibility index (Phi) is 5.62. The third kappa shape index (κ3) is 4.66. The van der Waals surface area contributed by atoms with E-state index < -0.39 is 5.25 Å². The first-order chi connectivity index (χ1) is 14.1. The monoisotopic (exact) mass is 403 g/mol. The van der Waals surface area contributed by atoms with Crippen LogP contribution in [-0.2, 0) is 9.59 Å². The summed E-state index contributed by atoms with van der Waals surface area (Å²) in [5, 5.41) is 7.95. The number of anilines is 1. The normalized spacial score (nSPS) is 18.6. The molecule has 6 heteroatoms. The van der Waals surface area contributed by atoms with Crippen LogP contribution in [0, 0.1) is 0 Å². The molecule has 0 aliphatic carbocycles. The minimum atomic E-state index is -0.475. The third-order valence-corrected chi connectivity index (χ3v) is 5.87. The van der Waals surface area contributed by atoms with E-state index in [0.717, 1.165) is 22.0 Å². The predicted octanol–water partition coefficient (Wildman–Crippen LogP) is 4.52. The van der Waals surface area contributed by atoms with E-state index in [2.05, 4.69) is 15.6 Å². The van der Waals surface area contributed by atoms with Gasteiger partial charge in [-0.1, -0.05) is 72.4 Å². The lowest BCUT2D eigenvalue weighted by molar-refractivity contribution is -0.122. The molecule has 1 saturated heterocycles. The van der Waals surface area contributed by atoms with Crippen LogP contribution in [0.5, 0.6) is 0 Å². The van der Waals surface area contributed by atoms with Crippen molar-refractivity contribution in [1.29, 1.82) is 0 Å². The summed E-state index contributed by atoms with van der Waals surface area (Å²) < 4.78 is 0. The number of rotatable bonds is 5. The number of amidine groups is 1. The molecular weight excluding hydrogens is 382 g/mol. The van der Waals surface area contributed by atoms with Crippen LogP contribution in [0.4, 0.5) is 5.69 Å². The molecule has 1 aliphatic heterocycles. The number of hydrogen-bond acceptors (Lipinski definition) is 4. The number of carbonyl (C=O) groups excluding carboxylic acids is 2. The van der Waals surface area contributed by atoms with Crippen LogP contribution < -0.4 is 10.6 Å². The van der Waals surface area contributed by atoms with Gasteiger partial charge in [0.05, 0.1) is 6.04 Å². The Balaban J connectivity index is 1.38. The molecular formula is C23H21N3O2S. The number of nitrogens with zero attached hydrogens (tertiary/aromatic N) is 1. The summed E-state index contributed by atoms with van der Waals surface area (Å²) in [6.07, 6.45) is 0.0993. The number of carbonyl (C=O) groups is 2. The topological polar surface area (TPSA) is 70.6 Å². The van der Waals surface area contributed by atoms with Crippen molar-refractivity contribution in [2.75, 3.05) is 5.32 Å². The fourth-order valence-electron chi connectivity index (χ4n) is 3.23. The van der Waals surface area contributed by atoms with Gasteiger partial charge in [-0.05, 0) is 35.4 Å². The van der Waals surface area contributed by atoms with Crippen LogP contribution in [0.3, 0.4) is 0 Å². The summed E-state index contributed by atoms with van der Waals surface area (Å²) in [6, 6.07) is 23.6. The fourth-order valence-corrected chi connectivity index (χ4v) is 4.28. The van der Waals surface area contributed by atoms with Gasteiger partial charge in [0.1, 0.15) is 5.25 Å². The maximum Gasteiger partial charge on any atom is 0.240 e. The van der Waals surface area contributed by atoms with Crippen LogP contribution >= 0.6 is 11.8 Å². The summed E-state index contributed by atoms with van der Waals surface area (Å²) in [6.45, 7) is 1.98. The van der Waals surface area contributed by atoms with Gasteiger partial charge in [0.15, 0.2) is 5.17 Å². The first-order valence-corrected chi connectivity index (χ1v) is 10.4. The Hall–Kier alpha value is -3.12. The lowest BCUT2D eigenvalue weighted by Gasteiger charge is -2.09. The highest BCUT2D eigenvalue weighted by Gasteiger charge is 2.32. The number of benzene rings is 3.